The van der Waals surface area contributed by atoms with Gasteiger partial charge in [-0.1, -0.05) is 24.1 Å². The Labute approximate surface area is 143 Å². The number of hydrogen-bond donors (Lipinski definition) is 1. The van der Waals surface area contributed by atoms with Crippen LogP contribution in [0.15, 0.2) is 24.3 Å². The number of nitrogens with zero attached hydrogens (tertiary/aromatic N) is 2. The largest absolute Gasteiger partial charge is 0.339 e. The third-order valence-electron chi connectivity index (χ3n) is 5.46. The zero-order valence-corrected chi connectivity index (χ0v) is 14.4. The second kappa shape index (κ2) is 7.34. The minimum absolute atomic E-state index is 0.0581. The Morgan fingerprint density at radius 2 is 1.67 bits per heavy atom. The van der Waals surface area contributed by atoms with E-state index in [1.807, 2.05) is 41.0 Å². The molecule has 1 saturated heterocycles. The fourth-order valence-electron chi connectivity index (χ4n) is 3.89. The van der Waals surface area contributed by atoms with Gasteiger partial charge in [-0.05, 0) is 44.4 Å². The van der Waals surface area contributed by atoms with Crippen LogP contribution in [-0.4, -0.2) is 54.3 Å². The molecule has 2 atom stereocenters. The summed E-state index contributed by atoms with van der Waals surface area (Å²) in [4.78, 5) is 29.0. The molecule has 0 spiro atoms. The van der Waals surface area contributed by atoms with Crippen LogP contribution in [0, 0.1) is 18.8 Å². The number of nitrogens with two attached hydrogens (primary N) is 1. The van der Waals surface area contributed by atoms with Crippen LogP contribution in [0.5, 0.6) is 0 Å². The molecule has 1 heterocycles. The van der Waals surface area contributed by atoms with Crippen molar-refractivity contribution < 1.29 is 9.59 Å². The third-order valence-corrected chi connectivity index (χ3v) is 5.46. The SMILES string of the molecule is Cc1ccc(C(=O)N2CCN(C(=O)[C@@H]3CCC[C@@H]3CN)CC2)cc1. The van der Waals surface area contributed by atoms with Crippen LogP contribution in [-0.2, 0) is 4.79 Å². The number of hydrogen-bond acceptors (Lipinski definition) is 3. The number of piperazine rings is 1. The zero-order valence-electron chi connectivity index (χ0n) is 14.4. The number of benzene rings is 1. The molecule has 5 heteroatoms. The van der Waals surface area contributed by atoms with Gasteiger partial charge in [0.2, 0.25) is 5.91 Å². The third kappa shape index (κ3) is 3.46. The van der Waals surface area contributed by atoms with Crippen molar-refractivity contribution in [1.29, 1.82) is 0 Å². The van der Waals surface area contributed by atoms with Crippen molar-refractivity contribution in [1.82, 2.24) is 9.80 Å². The van der Waals surface area contributed by atoms with Gasteiger partial charge in [0, 0.05) is 37.7 Å². The van der Waals surface area contributed by atoms with Crippen molar-refractivity contribution in [3.05, 3.63) is 35.4 Å². The lowest BCUT2D eigenvalue weighted by atomic mass is 9.94. The lowest BCUT2D eigenvalue weighted by Crippen LogP contribution is -2.52. The van der Waals surface area contributed by atoms with E-state index < -0.39 is 0 Å². The molecule has 24 heavy (non-hydrogen) atoms. The average Bonchev–Trinajstić information content (AvgIpc) is 3.10. The zero-order chi connectivity index (χ0) is 17.1. The van der Waals surface area contributed by atoms with E-state index in [0.717, 1.165) is 30.4 Å². The number of rotatable bonds is 3. The number of carbonyl (C=O) groups excluding carboxylic acids is 2. The van der Waals surface area contributed by atoms with Gasteiger partial charge in [-0.15, -0.1) is 0 Å². The topological polar surface area (TPSA) is 66.6 Å². The summed E-state index contributed by atoms with van der Waals surface area (Å²) in [5.41, 5.74) is 7.67. The first-order valence-corrected chi connectivity index (χ1v) is 8.95. The summed E-state index contributed by atoms with van der Waals surface area (Å²) >= 11 is 0. The molecule has 1 aliphatic carbocycles. The van der Waals surface area contributed by atoms with Crippen LogP contribution < -0.4 is 5.73 Å². The Balaban J connectivity index is 1.56. The van der Waals surface area contributed by atoms with E-state index in [9.17, 15) is 9.59 Å². The van der Waals surface area contributed by atoms with Gasteiger partial charge in [0.1, 0.15) is 0 Å². The average molecular weight is 329 g/mol. The minimum Gasteiger partial charge on any atom is -0.339 e. The first-order valence-electron chi connectivity index (χ1n) is 8.95. The Kier molecular flexibility index (Phi) is 5.19. The summed E-state index contributed by atoms with van der Waals surface area (Å²) in [6.45, 7) is 5.09. The summed E-state index contributed by atoms with van der Waals surface area (Å²) in [6, 6.07) is 7.67. The molecule has 5 nitrogen and oxygen atoms in total. The van der Waals surface area contributed by atoms with Gasteiger partial charge >= 0.3 is 0 Å². The van der Waals surface area contributed by atoms with Gasteiger partial charge < -0.3 is 15.5 Å². The molecule has 3 rings (SSSR count). The molecule has 2 aliphatic rings. The molecular weight excluding hydrogens is 302 g/mol. The van der Waals surface area contributed by atoms with Gasteiger partial charge in [0.05, 0.1) is 0 Å². The van der Waals surface area contributed by atoms with Gasteiger partial charge in [0.25, 0.3) is 5.91 Å². The first-order chi connectivity index (χ1) is 11.6. The van der Waals surface area contributed by atoms with Crippen molar-refractivity contribution >= 4 is 11.8 Å². The highest BCUT2D eigenvalue weighted by atomic mass is 16.2. The quantitative estimate of drug-likeness (QED) is 0.917. The molecule has 0 aromatic heterocycles. The van der Waals surface area contributed by atoms with Gasteiger partial charge in [0.15, 0.2) is 0 Å². The van der Waals surface area contributed by atoms with Crippen molar-refractivity contribution in [2.75, 3.05) is 32.7 Å². The fourth-order valence-corrected chi connectivity index (χ4v) is 3.89. The van der Waals surface area contributed by atoms with E-state index in [-0.39, 0.29) is 17.7 Å². The van der Waals surface area contributed by atoms with Crippen molar-refractivity contribution in [2.24, 2.45) is 17.6 Å². The molecule has 2 fully saturated rings. The Morgan fingerprint density at radius 3 is 2.29 bits per heavy atom. The second-order valence-corrected chi connectivity index (χ2v) is 7.02. The van der Waals surface area contributed by atoms with E-state index in [0.29, 0.717) is 38.6 Å². The maximum absolute atomic E-state index is 12.7. The minimum atomic E-state index is 0.0581. The van der Waals surface area contributed by atoms with E-state index in [1.54, 1.807) is 0 Å². The van der Waals surface area contributed by atoms with E-state index in [1.165, 1.54) is 0 Å². The maximum atomic E-state index is 12.7. The van der Waals surface area contributed by atoms with E-state index in [2.05, 4.69) is 0 Å². The predicted octanol–water partition coefficient (Wildman–Crippen LogP) is 1.65. The lowest BCUT2D eigenvalue weighted by Gasteiger charge is -2.36. The molecule has 2 N–H and O–H groups in total. The summed E-state index contributed by atoms with van der Waals surface area (Å²) in [5.74, 6) is 0.729. The first kappa shape index (κ1) is 17.0. The Morgan fingerprint density at radius 1 is 1.04 bits per heavy atom. The van der Waals surface area contributed by atoms with Crippen molar-refractivity contribution in [3.63, 3.8) is 0 Å². The number of aryl methyl sites for hydroxylation is 1. The fraction of sp³-hybridized carbons (Fsp3) is 0.579. The summed E-state index contributed by atoms with van der Waals surface area (Å²) in [5, 5.41) is 0. The molecule has 130 valence electrons. The highest BCUT2D eigenvalue weighted by Crippen LogP contribution is 2.32. The van der Waals surface area contributed by atoms with Crippen molar-refractivity contribution in [2.45, 2.75) is 26.2 Å². The summed E-state index contributed by atoms with van der Waals surface area (Å²) in [6.07, 6.45) is 3.13. The lowest BCUT2D eigenvalue weighted by molar-refractivity contribution is -0.138. The second-order valence-electron chi connectivity index (χ2n) is 7.02. The molecule has 2 amide bonds. The highest BCUT2D eigenvalue weighted by molar-refractivity contribution is 5.94. The number of amides is 2. The predicted molar refractivity (Wildman–Crippen MR) is 93.5 cm³/mol. The standard InChI is InChI=1S/C19H27N3O2/c1-14-5-7-15(8-6-14)18(23)21-9-11-22(12-10-21)19(24)17-4-2-3-16(17)13-20/h5-8,16-17H,2-4,9-13,20H2,1H3/t16-,17-/m1/s1. The van der Waals surface area contributed by atoms with Gasteiger partial charge in [-0.3, -0.25) is 9.59 Å². The van der Waals surface area contributed by atoms with Crippen LogP contribution in [0.3, 0.4) is 0 Å². The monoisotopic (exact) mass is 329 g/mol. The Bertz CT molecular complexity index is 591. The Hall–Kier alpha value is -1.88. The molecule has 0 radical (unpaired) electrons. The van der Waals surface area contributed by atoms with Crippen LogP contribution in [0.2, 0.25) is 0 Å². The van der Waals surface area contributed by atoms with Crippen LogP contribution in [0.25, 0.3) is 0 Å². The molecule has 0 unspecified atom stereocenters. The van der Waals surface area contributed by atoms with E-state index in [4.69, 9.17) is 5.73 Å². The maximum Gasteiger partial charge on any atom is 0.253 e. The highest BCUT2D eigenvalue weighted by Gasteiger charge is 2.36. The van der Waals surface area contributed by atoms with Gasteiger partial charge in [-0.25, -0.2) is 0 Å². The molecule has 1 aromatic rings. The van der Waals surface area contributed by atoms with Crippen molar-refractivity contribution in [3.8, 4) is 0 Å². The summed E-state index contributed by atoms with van der Waals surface area (Å²) in [7, 11) is 0. The van der Waals surface area contributed by atoms with E-state index >= 15 is 0 Å². The normalized spacial score (nSPS) is 24.2. The number of carbonyl (C=O) groups is 2. The molecule has 1 saturated carbocycles. The van der Waals surface area contributed by atoms with Gasteiger partial charge in [-0.2, -0.15) is 0 Å². The summed E-state index contributed by atoms with van der Waals surface area (Å²) < 4.78 is 0. The molecule has 0 bridgehead atoms. The smallest absolute Gasteiger partial charge is 0.253 e. The molecule has 1 aliphatic heterocycles. The van der Waals surface area contributed by atoms with Crippen LogP contribution >= 0.6 is 0 Å². The molecule has 1 aromatic carbocycles. The van der Waals surface area contributed by atoms with Crippen LogP contribution in [0.1, 0.15) is 35.2 Å². The molecular formula is C19H27N3O2. The van der Waals surface area contributed by atoms with Crippen LogP contribution in [0.4, 0.5) is 0 Å².